The standard InChI is InChI=1S/C19H21BrN2O4S/c1-13-10-16(18(23)17(20)11-13)19(24)21-12-14-4-6-15(7-5-14)27(25,26)22-8-2-3-9-22/h4-7,10-11,23H,2-3,8-9,12H2,1H3,(H,21,24). The number of halogens is 1. The topological polar surface area (TPSA) is 86.7 Å². The molecule has 3 rings (SSSR count). The van der Waals surface area contributed by atoms with E-state index in [4.69, 9.17) is 0 Å². The number of phenols is 1. The van der Waals surface area contributed by atoms with Crippen LogP contribution in [0.1, 0.15) is 34.3 Å². The first-order valence-corrected chi connectivity index (χ1v) is 10.9. The number of hydrogen-bond donors (Lipinski definition) is 2. The van der Waals surface area contributed by atoms with E-state index >= 15 is 0 Å². The van der Waals surface area contributed by atoms with Gasteiger partial charge in [-0.3, -0.25) is 4.79 Å². The highest BCUT2D eigenvalue weighted by molar-refractivity contribution is 9.10. The summed E-state index contributed by atoms with van der Waals surface area (Å²) >= 11 is 3.22. The maximum Gasteiger partial charge on any atom is 0.255 e. The van der Waals surface area contributed by atoms with Gasteiger partial charge in [0.25, 0.3) is 5.91 Å². The highest BCUT2D eigenvalue weighted by Crippen LogP contribution is 2.29. The van der Waals surface area contributed by atoms with Gasteiger partial charge in [-0.2, -0.15) is 4.31 Å². The van der Waals surface area contributed by atoms with E-state index in [0.29, 0.717) is 17.6 Å². The number of nitrogens with zero attached hydrogens (tertiary/aromatic N) is 1. The fourth-order valence-corrected chi connectivity index (χ4v) is 5.13. The number of phenolic OH excluding ortho intramolecular Hbond substituents is 1. The zero-order valence-electron chi connectivity index (χ0n) is 14.9. The van der Waals surface area contributed by atoms with Crippen molar-refractivity contribution in [3.8, 4) is 5.75 Å². The third-order valence-electron chi connectivity index (χ3n) is 4.53. The van der Waals surface area contributed by atoms with Gasteiger partial charge in [0.15, 0.2) is 0 Å². The first-order valence-electron chi connectivity index (χ1n) is 8.65. The molecule has 0 atom stereocenters. The molecule has 0 aromatic heterocycles. The van der Waals surface area contributed by atoms with Crippen LogP contribution in [0.15, 0.2) is 45.8 Å². The Labute approximate surface area is 167 Å². The van der Waals surface area contributed by atoms with E-state index in [0.717, 1.165) is 24.0 Å². The van der Waals surface area contributed by atoms with Crippen LogP contribution >= 0.6 is 15.9 Å². The molecule has 2 aromatic rings. The smallest absolute Gasteiger partial charge is 0.255 e. The maximum absolute atomic E-state index is 12.5. The van der Waals surface area contributed by atoms with Crippen LogP contribution in [-0.2, 0) is 16.6 Å². The van der Waals surface area contributed by atoms with Gasteiger partial charge in [-0.25, -0.2) is 8.42 Å². The van der Waals surface area contributed by atoms with Gasteiger partial charge in [0, 0.05) is 19.6 Å². The van der Waals surface area contributed by atoms with Crippen LogP contribution in [0, 0.1) is 6.92 Å². The molecular weight excluding hydrogens is 432 g/mol. The number of carbonyl (C=O) groups is 1. The van der Waals surface area contributed by atoms with Crippen molar-refractivity contribution in [3.05, 3.63) is 57.6 Å². The van der Waals surface area contributed by atoms with Crippen molar-refractivity contribution in [1.29, 1.82) is 0 Å². The Hall–Kier alpha value is -1.90. The summed E-state index contributed by atoms with van der Waals surface area (Å²) in [6.07, 6.45) is 1.79. The Morgan fingerprint density at radius 1 is 1.19 bits per heavy atom. The quantitative estimate of drug-likeness (QED) is 0.728. The van der Waals surface area contributed by atoms with Gasteiger partial charge in [0.05, 0.1) is 14.9 Å². The van der Waals surface area contributed by atoms with Crippen molar-refractivity contribution < 1.29 is 18.3 Å². The van der Waals surface area contributed by atoms with E-state index in [9.17, 15) is 18.3 Å². The Morgan fingerprint density at radius 2 is 1.81 bits per heavy atom. The second-order valence-electron chi connectivity index (χ2n) is 6.58. The number of carbonyl (C=O) groups excluding carboxylic acids is 1. The predicted octanol–water partition coefficient (Wildman–Crippen LogP) is 3.18. The van der Waals surface area contributed by atoms with Crippen LogP contribution in [0.3, 0.4) is 0 Å². The van der Waals surface area contributed by atoms with Crippen LogP contribution in [0.4, 0.5) is 0 Å². The molecule has 2 N–H and O–H groups in total. The molecule has 6 nitrogen and oxygen atoms in total. The number of nitrogens with one attached hydrogen (secondary N) is 1. The molecule has 1 amide bonds. The van der Waals surface area contributed by atoms with Gasteiger partial charge in [0.2, 0.25) is 10.0 Å². The average Bonchev–Trinajstić information content (AvgIpc) is 3.18. The highest BCUT2D eigenvalue weighted by Gasteiger charge is 2.26. The fourth-order valence-electron chi connectivity index (χ4n) is 3.04. The van der Waals surface area contributed by atoms with E-state index in [1.54, 1.807) is 36.4 Å². The van der Waals surface area contributed by atoms with Gasteiger partial charge < -0.3 is 10.4 Å². The Morgan fingerprint density at radius 3 is 2.44 bits per heavy atom. The molecule has 0 radical (unpaired) electrons. The third-order valence-corrected chi connectivity index (χ3v) is 7.05. The van der Waals surface area contributed by atoms with Crippen LogP contribution in [0.2, 0.25) is 0 Å². The van der Waals surface area contributed by atoms with Gasteiger partial charge in [-0.15, -0.1) is 0 Å². The molecule has 0 saturated carbocycles. The summed E-state index contributed by atoms with van der Waals surface area (Å²) in [5.41, 5.74) is 1.81. The van der Waals surface area contributed by atoms with E-state index in [-0.39, 0.29) is 22.8 Å². The number of rotatable bonds is 5. The number of aryl methyl sites for hydroxylation is 1. The largest absolute Gasteiger partial charge is 0.506 e. The van der Waals surface area contributed by atoms with Crippen molar-refractivity contribution in [3.63, 3.8) is 0 Å². The molecule has 0 unspecified atom stereocenters. The third kappa shape index (κ3) is 4.34. The predicted molar refractivity (Wildman–Crippen MR) is 106 cm³/mol. The summed E-state index contributed by atoms with van der Waals surface area (Å²) < 4.78 is 27.0. The minimum atomic E-state index is -3.44. The molecule has 8 heteroatoms. The van der Waals surface area contributed by atoms with Crippen LogP contribution in [-0.4, -0.2) is 36.8 Å². The lowest BCUT2D eigenvalue weighted by Crippen LogP contribution is -2.28. The summed E-state index contributed by atoms with van der Waals surface area (Å²) in [4.78, 5) is 12.6. The SMILES string of the molecule is Cc1cc(Br)c(O)c(C(=O)NCc2ccc(S(=O)(=O)N3CCCC3)cc2)c1. The van der Waals surface area contributed by atoms with E-state index in [1.165, 1.54) is 4.31 Å². The van der Waals surface area contributed by atoms with Crippen molar-refractivity contribution in [2.45, 2.75) is 31.2 Å². The van der Waals surface area contributed by atoms with Gasteiger partial charge >= 0.3 is 0 Å². The van der Waals surface area contributed by atoms with Crippen LogP contribution in [0.5, 0.6) is 5.75 Å². The van der Waals surface area contributed by atoms with Gasteiger partial charge in [0.1, 0.15) is 5.75 Å². The normalized spacial score (nSPS) is 15.0. The second kappa shape index (κ2) is 8.00. The summed E-state index contributed by atoms with van der Waals surface area (Å²) in [5, 5.41) is 12.8. The van der Waals surface area contributed by atoms with E-state index in [1.807, 2.05) is 6.92 Å². The first kappa shape index (κ1) is 19.9. The molecule has 144 valence electrons. The molecule has 1 saturated heterocycles. The lowest BCUT2D eigenvalue weighted by Gasteiger charge is -2.15. The summed E-state index contributed by atoms with van der Waals surface area (Å²) in [6.45, 7) is 3.19. The van der Waals surface area contributed by atoms with Crippen molar-refractivity contribution >= 4 is 31.9 Å². The van der Waals surface area contributed by atoms with Crippen molar-refractivity contribution in [2.75, 3.05) is 13.1 Å². The minimum Gasteiger partial charge on any atom is -0.506 e. The molecule has 1 aliphatic heterocycles. The summed E-state index contributed by atoms with van der Waals surface area (Å²) in [5.74, 6) is -0.504. The lowest BCUT2D eigenvalue weighted by atomic mass is 10.1. The molecule has 0 spiro atoms. The zero-order valence-corrected chi connectivity index (χ0v) is 17.3. The number of hydrogen-bond acceptors (Lipinski definition) is 4. The fraction of sp³-hybridized carbons (Fsp3) is 0.316. The van der Waals surface area contributed by atoms with Crippen molar-refractivity contribution in [1.82, 2.24) is 9.62 Å². The van der Waals surface area contributed by atoms with Crippen LogP contribution < -0.4 is 5.32 Å². The van der Waals surface area contributed by atoms with Gasteiger partial charge in [-0.05, 0) is 71.1 Å². The number of amides is 1. The summed E-state index contributed by atoms with van der Waals surface area (Å²) in [7, 11) is -3.44. The summed E-state index contributed by atoms with van der Waals surface area (Å²) in [6, 6.07) is 9.85. The molecule has 1 aliphatic rings. The monoisotopic (exact) mass is 452 g/mol. The van der Waals surface area contributed by atoms with E-state index < -0.39 is 15.9 Å². The minimum absolute atomic E-state index is 0.106. The number of sulfonamides is 1. The zero-order chi connectivity index (χ0) is 19.6. The van der Waals surface area contributed by atoms with Crippen molar-refractivity contribution in [2.24, 2.45) is 0 Å². The molecule has 0 aliphatic carbocycles. The molecule has 27 heavy (non-hydrogen) atoms. The first-order chi connectivity index (χ1) is 12.8. The second-order valence-corrected chi connectivity index (χ2v) is 9.37. The highest BCUT2D eigenvalue weighted by atomic mass is 79.9. The maximum atomic E-state index is 12.5. The Bertz CT molecular complexity index is 952. The molecule has 1 heterocycles. The molecule has 0 bridgehead atoms. The Kier molecular flexibility index (Phi) is 5.88. The number of aromatic hydroxyl groups is 1. The van der Waals surface area contributed by atoms with Gasteiger partial charge in [-0.1, -0.05) is 12.1 Å². The molecule has 2 aromatic carbocycles. The van der Waals surface area contributed by atoms with Crippen LogP contribution in [0.25, 0.3) is 0 Å². The molecule has 1 fully saturated rings. The number of benzene rings is 2. The average molecular weight is 453 g/mol. The Balaban J connectivity index is 1.68. The molecular formula is C19H21BrN2O4S. The lowest BCUT2D eigenvalue weighted by molar-refractivity contribution is 0.0948. The van der Waals surface area contributed by atoms with E-state index in [2.05, 4.69) is 21.2 Å².